The smallest absolute Gasteiger partial charge is 0.406 e. The van der Waals surface area contributed by atoms with Gasteiger partial charge in [-0.15, -0.1) is 13.2 Å². The maximum absolute atomic E-state index is 13.4. The van der Waals surface area contributed by atoms with Crippen LogP contribution in [0.4, 0.5) is 52.7 Å². The van der Waals surface area contributed by atoms with Crippen LogP contribution in [0.2, 0.25) is 0 Å². The second kappa shape index (κ2) is 14.1. The van der Waals surface area contributed by atoms with Crippen LogP contribution in [0.25, 0.3) is 0 Å². The summed E-state index contributed by atoms with van der Waals surface area (Å²) in [6, 6.07) is 16.0. The van der Waals surface area contributed by atoms with Crippen molar-refractivity contribution in [2.24, 2.45) is 0 Å². The SMILES string of the molecule is O[C@H](CN(C[C@H](O)C(F)(F)F)CC(Cc1ccccc1)(c1cccc(CC(F)(F)F)c1)c1cccc(OC(F)(F)F)c1)C(F)(F)F. The molecule has 0 aliphatic carbocycles. The van der Waals surface area contributed by atoms with E-state index in [1.54, 1.807) is 6.07 Å². The van der Waals surface area contributed by atoms with Gasteiger partial charge in [-0.25, -0.2) is 0 Å². The van der Waals surface area contributed by atoms with Crippen LogP contribution in [-0.4, -0.2) is 71.8 Å². The van der Waals surface area contributed by atoms with Crippen molar-refractivity contribution < 1.29 is 67.6 Å². The number of hydrogen-bond acceptors (Lipinski definition) is 4. The van der Waals surface area contributed by atoms with Gasteiger partial charge in [0.2, 0.25) is 0 Å². The lowest BCUT2D eigenvalue weighted by atomic mass is 9.69. The quantitative estimate of drug-likeness (QED) is 0.197. The minimum atomic E-state index is -5.34. The molecule has 0 aliphatic rings. The Labute approximate surface area is 254 Å². The molecule has 254 valence electrons. The lowest BCUT2D eigenvalue weighted by molar-refractivity contribution is -0.274. The molecular formula is C30H27F12NO3. The first-order valence-corrected chi connectivity index (χ1v) is 13.4. The summed E-state index contributed by atoms with van der Waals surface area (Å²) in [5.74, 6) is -0.828. The summed E-state index contributed by atoms with van der Waals surface area (Å²) in [5, 5.41) is 19.7. The predicted molar refractivity (Wildman–Crippen MR) is 141 cm³/mol. The van der Waals surface area contributed by atoms with Gasteiger partial charge in [-0.3, -0.25) is 4.90 Å². The molecule has 16 heteroatoms. The maximum Gasteiger partial charge on any atom is 0.573 e. The zero-order valence-electron chi connectivity index (χ0n) is 23.5. The third-order valence-electron chi connectivity index (χ3n) is 6.96. The molecule has 3 aromatic rings. The molecule has 0 heterocycles. The topological polar surface area (TPSA) is 52.9 Å². The minimum Gasteiger partial charge on any atom is -0.406 e. The molecule has 1 unspecified atom stereocenters. The summed E-state index contributed by atoms with van der Waals surface area (Å²) < 4.78 is 164. The van der Waals surface area contributed by atoms with Crippen LogP contribution >= 0.6 is 0 Å². The van der Waals surface area contributed by atoms with Crippen LogP contribution in [0.5, 0.6) is 5.75 Å². The highest BCUT2D eigenvalue weighted by molar-refractivity contribution is 5.46. The fourth-order valence-electron chi connectivity index (χ4n) is 5.04. The lowest BCUT2D eigenvalue weighted by Gasteiger charge is -2.41. The van der Waals surface area contributed by atoms with Crippen molar-refractivity contribution in [3.63, 3.8) is 0 Å². The fraction of sp³-hybridized carbons (Fsp3) is 0.400. The Morgan fingerprint density at radius 1 is 0.587 bits per heavy atom. The van der Waals surface area contributed by atoms with Gasteiger partial charge in [-0.1, -0.05) is 66.7 Å². The van der Waals surface area contributed by atoms with Crippen LogP contribution < -0.4 is 4.74 Å². The standard InChI is InChI=1S/C30H27F12NO3/c31-27(32,33)15-20-8-4-9-21(12-20)26(14-19-6-2-1-3-7-19,22-10-5-11-23(13-22)46-30(40,41)42)18-43(16-24(44)28(34,35)36)17-25(45)29(37,38)39/h1-13,24-25,44-45H,14-18H2/t24-,25+,26?. The summed E-state index contributed by atoms with van der Waals surface area (Å²) in [6.07, 6.45) is -29.0. The van der Waals surface area contributed by atoms with E-state index >= 15 is 0 Å². The first-order chi connectivity index (χ1) is 21.1. The zero-order valence-corrected chi connectivity index (χ0v) is 23.5. The molecule has 0 aliphatic heterocycles. The third kappa shape index (κ3) is 10.8. The van der Waals surface area contributed by atoms with E-state index in [-0.39, 0.29) is 23.1 Å². The van der Waals surface area contributed by atoms with Crippen molar-refractivity contribution in [3.05, 3.63) is 101 Å². The molecule has 46 heavy (non-hydrogen) atoms. The number of rotatable bonds is 12. The van der Waals surface area contributed by atoms with E-state index in [4.69, 9.17) is 0 Å². The number of hydrogen-bond donors (Lipinski definition) is 2. The zero-order chi connectivity index (χ0) is 34.6. The summed E-state index contributed by atoms with van der Waals surface area (Å²) in [4.78, 5) is 0.424. The maximum atomic E-state index is 13.4. The fourth-order valence-corrected chi connectivity index (χ4v) is 5.04. The van der Waals surface area contributed by atoms with Crippen molar-refractivity contribution >= 4 is 0 Å². The Balaban J connectivity index is 2.34. The van der Waals surface area contributed by atoms with E-state index in [1.807, 2.05) is 0 Å². The van der Waals surface area contributed by atoms with Gasteiger partial charge < -0.3 is 14.9 Å². The van der Waals surface area contributed by atoms with Crippen molar-refractivity contribution in [1.82, 2.24) is 4.90 Å². The number of halogens is 12. The van der Waals surface area contributed by atoms with Crippen LogP contribution in [-0.2, 0) is 18.3 Å². The van der Waals surface area contributed by atoms with E-state index in [2.05, 4.69) is 4.74 Å². The Morgan fingerprint density at radius 2 is 1.09 bits per heavy atom. The highest BCUT2D eigenvalue weighted by atomic mass is 19.4. The summed E-state index contributed by atoms with van der Waals surface area (Å²) >= 11 is 0. The van der Waals surface area contributed by atoms with E-state index in [9.17, 15) is 62.9 Å². The Morgan fingerprint density at radius 3 is 1.59 bits per heavy atom. The average Bonchev–Trinajstić information content (AvgIpc) is 2.90. The van der Waals surface area contributed by atoms with Crippen molar-refractivity contribution in [3.8, 4) is 5.75 Å². The molecule has 0 bridgehead atoms. The van der Waals surface area contributed by atoms with Gasteiger partial charge in [0.1, 0.15) is 5.75 Å². The van der Waals surface area contributed by atoms with E-state index in [1.165, 1.54) is 36.4 Å². The second-order valence-corrected chi connectivity index (χ2v) is 10.6. The number of alkyl halides is 12. The molecule has 4 nitrogen and oxygen atoms in total. The van der Waals surface area contributed by atoms with Crippen molar-refractivity contribution in [2.45, 2.75) is 55.4 Å². The molecule has 0 fully saturated rings. The van der Waals surface area contributed by atoms with Crippen LogP contribution in [0.15, 0.2) is 78.9 Å². The molecule has 0 amide bonds. The largest absolute Gasteiger partial charge is 0.573 e. The van der Waals surface area contributed by atoms with Gasteiger partial charge in [-0.05, 0) is 40.8 Å². The highest BCUT2D eigenvalue weighted by Crippen LogP contribution is 2.41. The van der Waals surface area contributed by atoms with Crippen LogP contribution in [0.1, 0.15) is 22.3 Å². The third-order valence-corrected chi connectivity index (χ3v) is 6.96. The number of ether oxygens (including phenoxy) is 1. The molecule has 0 spiro atoms. The van der Waals surface area contributed by atoms with Gasteiger partial charge in [-0.2, -0.15) is 39.5 Å². The van der Waals surface area contributed by atoms with Gasteiger partial charge in [0.25, 0.3) is 0 Å². The number of nitrogens with zero attached hydrogens (tertiary/aromatic N) is 1. The second-order valence-electron chi connectivity index (χ2n) is 10.6. The summed E-state index contributed by atoms with van der Waals surface area (Å²) in [5.41, 5.74) is -2.30. The molecule has 2 N–H and O–H groups in total. The number of aliphatic hydroxyl groups excluding tert-OH is 2. The normalized spacial score (nSPS) is 15.8. The lowest BCUT2D eigenvalue weighted by Crippen LogP contribution is -2.52. The van der Waals surface area contributed by atoms with Gasteiger partial charge in [0.05, 0.1) is 6.42 Å². The average molecular weight is 678 g/mol. The number of benzene rings is 3. The molecule has 0 saturated carbocycles. The van der Waals surface area contributed by atoms with Crippen LogP contribution in [0.3, 0.4) is 0 Å². The Kier molecular flexibility index (Phi) is 11.3. The van der Waals surface area contributed by atoms with Gasteiger partial charge >= 0.3 is 24.9 Å². The van der Waals surface area contributed by atoms with Crippen LogP contribution in [0, 0.1) is 0 Å². The number of aliphatic hydroxyl groups is 2. The van der Waals surface area contributed by atoms with E-state index in [0.29, 0.717) is 10.5 Å². The molecule has 0 aromatic heterocycles. The monoisotopic (exact) mass is 677 g/mol. The summed E-state index contributed by atoms with van der Waals surface area (Å²) in [7, 11) is 0. The van der Waals surface area contributed by atoms with Crippen molar-refractivity contribution in [1.29, 1.82) is 0 Å². The molecule has 0 radical (unpaired) electrons. The Bertz CT molecular complexity index is 1320. The minimum absolute atomic E-state index is 0.116. The van der Waals surface area contributed by atoms with Gasteiger partial charge in [0.15, 0.2) is 12.2 Å². The summed E-state index contributed by atoms with van der Waals surface area (Å²) in [6.45, 7) is -4.02. The highest BCUT2D eigenvalue weighted by Gasteiger charge is 2.46. The molecular weight excluding hydrogens is 650 g/mol. The molecule has 0 saturated heterocycles. The Hall–Kier alpha value is -3.50. The molecule has 3 aromatic carbocycles. The van der Waals surface area contributed by atoms with E-state index < -0.39 is 74.3 Å². The first kappa shape index (κ1) is 37.0. The van der Waals surface area contributed by atoms with Gasteiger partial charge in [0, 0.05) is 25.0 Å². The van der Waals surface area contributed by atoms with E-state index in [0.717, 1.165) is 36.4 Å². The molecule has 3 rings (SSSR count). The van der Waals surface area contributed by atoms with Crippen molar-refractivity contribution in [2.75, 3.05) is 19.6 Å². The predicted octanol–water partition coefficient (Wildman–Crippen LogP) is 7.37. The molecule has 3 atom stereocenters. The first-order valence-electron chi connectivity index (χ1n) is 13.4.